The number of amides is 3. The number of carbonyl (C=O) groups is 4. The Kier molecular flexibility index (Phi) is 7.45. The highest BCUT2D eigenvalue weighted by atomic mass is 35.5. The molecule has 7 rings (SSSR count). The Hall–Kier alpha value is -3.81. The van der Waals surface area contributed by atoms with Crippen molar-refractivity contribution < 1.29 is 33.8 Å². The van der Waals surface area contributed by atoms with E-state index in [0.717, 1.165) is 21.1 Å². The van der Waals surface area contributed by atoms with Gasteiger partial charge in [-0.25, -0.2) is 4.79 Å². The van der Waals surface area contributed by atoms with Gasteiger partial charge in [0.1, 0.15) is 17.5 Å². The summed E-state index contributed by atoms with van der Waals surface area (Å²) in [4.78, 5) is 68.9. The van der Waals surface area contributed by atoms with Crippen LogP contribution in [0.4, 0.5) is 5.69 Å². The van der Waals surface area contributed by atoms with Gasteiger partial charge in [0, 0.05) is 32.3 Å². The molecule has 14 heteroatoms. The van der Waals surface area contributed by atoms with E-state index in [9.17, 15) is 29.1 Å². The Morgan fingerprint density at radius 1 is 1.11 bits per heavy atom. The van der Waals surface area contributed by atoms with Gasteiger partial charge >= 0.3 is 10.8 Å². The summed E-state index contributed by atoms with van der Waals surface area (Å²) in [5.41, 5.74) is 1.26. The SMILES string of the molecule is COc1ccc(NC(=O)COc2ccc(Cl)cc2[C@H]2c3sc(=O)[nH]c3SC3C4CC(C5C(=O)N(C(C)C(=O)O)C(=O)C45)C32)cc1. The maximum atomic E-state index is 13.7. The van der Waals surface area contributed by atoms with Crippen molar-refractivity contribution in [1.82, 2.24) is 9.88 Å². The van der Waals surface area contributed by atoms with Crippen molar-refractivity contribution in [1.29, 1.82) is 0 Å². The number of carboxylic acid groups (broad SMARTS) is 1. The quantitative estimate of drug-likeness (QED) is 0.301. The predicted octanol–water partition coefficient (Wildman–Crippen LogP) is 4.06. The van der Waals surface area contributed by atoms with E-state index >= 15 is 0 Å². The lowest BCUT2D eigenvalue weighted by molar-refractivity contribution is -0.154. The number of ether oxygens (including phenoxy) is 2. The summed E-state index contributed by atoms with van der Waals surface area (Å²) in [7, 11) is 1.56. The molecule has 3 fully saturated rings. The average molecular weight is 670 g/mol. The zero-order chi connectivity index (χ0) is 31.7. The van der Waals surface area contributed by atoms with Gasteiger partial charge in [0.15, 0.2) is 6.61 Å². The smallest absolute Gasteiger partial charge is 0.326 e. The van der Waals surface area contributed by atoms with E-state index in [1.54, 1.807) is 49.6 Å². The molecule has 7 unspecified atom stereocenters. The monoisotopic (exact) mass is 669 g/mol. The van der Waals surface area contributed by atoms with Crippen LogP contribution in [-0.4, -0.2) is 63.7 Å². The Morgan fingerprint density at radius 2 is 1.82 bits per heavy atom. The highest BCUT2D eigenvalue weighted by molar-refractivity contribution is 8.00. The summed E-state index contributed by atoms with van der Waals surface area (Å²) in [5.74, 6) is -3.60. The molecule has 45 heavy (non-hydrogen) atoms. The molecule has 1 saturated heterocycles. The molecule has 234 valence electrons. The molecule has 11 nitrogen and oxygen atoms in total. The van der Waals surface area contributed by atoms with Gasteiger partial charge in [-0.2, -0.15) is 0 Å². The first kappa shape index (κ1) is 29.9. The number of aromatic amines is 1. The van der Waals surface area contributed by atoms with E-state index in [-0.39, 0.29) is 40.4 Å². The van der Waals surface area contributed by atoms with E-state index in [4.69, 9.17) is 21.1 Å². The van der Waals surface area contributed by atoms with Gasteiger partial charge in [-0.15, -0.1) is 11.8 Å². The van der Waals surface area contributed by atoms with Gasteiger partial charge in [-0.05, 0) is 73.6 Å². The lowest BCUT2D eigenvalue weighted by Crippen LogP contribution is -2.44. The van der Waals surface area contributed by atoms with Crippen molar-refractivity contribution in [2.75, 3.05) is 19.0 Å². The average Bonchev–Trinajstić information content (AvgIpc) is 3.75. The molecule has 3 heterocycles. The largest absolute Gasteiger partial charge is 0.497 e. The number of H-pyrrole nitrogens is 1. The van der Waals surface area contributed by atoms with Crippen LogP contribution in [0.2, 0.25) is 5.02 Å². The molecule has 2 aliphatic heterocycles. The number of likely N-dealkylation sites (tertiary alicyclic amines) is 1. The Labute approximate surface area is 270 Å². The normalized spacial score (nSPS) is 28.3. The van der Waals surface area contributed by atoms with E-state index in [0.29, 0.717) is 39.2 Å². The molecule has 0 radical (unpaired) electrons. The maximum absolute atomic E-state index is 13.7. The first-order valence-corrected chi connectivity index (χ1v) is 16.5. The van der Waals surface area contributed by atoms with Crippen LogP contribution in [0, 0.1) is 29.6 Å². The van der Waals surface area contributed by atoms with E-state index in [1.807, 2.05) is 0 Å². The van der Waals surface area contributed by atoms with Crippen molar-refractivity contribution in [3.63, 3.8) is 0 Å². The zero-order valence-electron chi connectivity index (χ0n) is 24.0. The van der Waals surface area contributed by atoms with Crippen LogP contribution in [0.1, 0.15) is 29.7 Å². The van der Waals surface area contributed by atoms with Gasteiger partial charge in [-0.1, -0.05) is 22.9 Å². The molecule has 2 aliphatic carbocycles. The molecular formula is C31H28ClN3O8S2. The Balaban J connectivity index is 1.22. The van der Waals surface area contributed by atoms with Gasteiger partial charge in [0.05, 0.1) is 24.0 Å². The van der Waals surface area contributed by atoms with Gasteiger partial charge in [-0.3, -0.25) is 24.1 Å². The number of methoxy groups -OCH3 is 1. The number of thiazole rings is 1. The standard InChI is InChI=1S/C31H28ClN3O8S2/c1-12(30(39)40)35-28(37)23-17-10-18(24(23)29(35)38)25-22(17)21(26-27(44-25)34-31(41)45-26)16-9-13(32)3-8-19(16)43-11-20(36)33-14-4-6-15(42-2)7-5-14/h3-9,12,17-18,21-25H,10-11H2,1-2H3,(H,33,36)(H,34,41)(H,39,40)/t12?,17?,18?,21-,22?,23?,24?,25?/m1/s1. The number of thioether (sulfide) groups is 1. The van der Waals surface area contributed by atoms with Crippen molar-refractivity contribution in [3.8, 4) is 11.5 Å². The minimum absolute atomic E-state index is 0.110. The molecule has 4 aliphatic rings. The lowest BCUT2D eigenvalue weighted by atomic mass is 9.68. The fraction of sp³-hybridized carbons (Fsp3) is 0.387. The van der Waals surface area contributed by atoms with Crippen molar-refractivity contribution >= 4 is 64.1 Å². The molecule has 3 aromatic rings. The van der Waals surface area contributed by atoms with Crippen LogP contribution in [0.3, 0.4) is 0 Å². The maximum Gasteiger partial charge on any atom is 0.326 e. The number of nitrogens with zero attached hydrogens (tertiary/aromatic N) is 1. The van der Waals surface area contributed by atoms with Crippen molar-refractivity contribution in [2.24, 2.45) is 29.6 Å². The zero-order valence-corrected chi connectivity index (χ0v) is 26.4. The molecule has 0 spiro atoms. The number of aliphatic carboxylic acids is 1. The number of imide groups is 1. The molecule has 3 N–H and O–H groups in total. The molecular weight excluding hydrogens is 642 g/mol. The van der Waals surface area contributed by atoms with Crippen LogP contribution in [0.5, 0.6) is 11.5 Å². The highest BCUT2D eigenvalue weighted by Crippen LogP contribution is 2.69. The fourth-order valence-electron chi connectivity index (χ4n) is 7.79. The van der Waals surface area contributed by atoms with Gasteiger partial charge in [0.2, 0.25) is 11.8 Å². The summed E-state index contributed by atoms with van der Waals surface area (Å²) in [6.07, 6.45) is 0.640. The molecule has 8 atom stereocenters. The lowest BCUT2D eigenvalue weighted by Gasteiger charge is -2.43. The van der Waals surface area contributed by atoms with Crippen molar-refractivity contribution in [2.45, 2.75) is 35.6 Å². The minimum atomic E-state index is -1.25. The number of halogens is 1. The number of carbonyl (C=O) groups excluding carboxylic acids is 3. The number of carboxylic acids is 1. The first-order valence-electron chi connectivity index (χ1n) is 14.4. The summed E-state index contributed by atoms with van der Waals surface area (Å²) >= 11 is 9.13. The second kappa shape index (κ2) is 11.2. The first-order chi connectivity index (χ1) is 21.6. The third kappa shape index (κ3) is 4.83. The highest BCUT2D eigenvalue weighted by Gasteiger charge is 2.70. The van der Waals surface area contributed by atoms with E-state index in [2.05, 4.69) is 10.3 Å². The second-order valence-electron chi connectivity index (χ2n) is 11.8. The third-order valence-corrected chi connectivity index (χ3v) is 12.4. The number of hydrogen-bond acceptors (Lipinski definition) is 9. The van der Waals surface area contributed by atoms with E-state index < -0.39 is 41.6 Å². The molecule has 3 amide bonds. The third-order valence-electron chi connectivity index (χ3n) is 9.54. The summed E-state index contributed by atoms with van der Waals surface area (Å²) < 4.78 is 11.3. The number of hydrogen-bond donors (Lipinski definition) is 3. The van der Waals surface area contributed by atoms with Crippen LogP contribution in [-0.2, 0) is 19.2 Å². The molecule has 2 saturated carbocycles. The summed E-state index contributed by atoms with van der Waals surface area (Å²) in [5, 5.41) is 13.4. The van der Waals surface area contributed by atoms with Crippen LogP contribution < -0.4 is 19.7 Å². The second-order valence-corrected chi connectivity index (χ2v) is 14.4. The molecule has 1 aromatic heterocycles. The fourth-order valence-corrected chi connectivity index (χ4v) is 10.8. The number of aromatic nitrogens is 1. The Morgan fingerprint density at radius 3 is 2.51 bits per heavy atom. The summed E-state index contributed by atoms with van der Waals surface area (Å²) in [6.45, 7) is 1.06. The number of nitrogens with one attached hydrogen (secondary N) is 2. The molecule has 2 bridgehead atoms. The number of fused-ring (bicyclic) bond motifs is 9. The number of anilines is 1. The number of benzene rings is 2. The predicted molar refractivity (Wildman–Crippen MR) is 166 cm³/mol. The molecule has 2 aromatic carbocycles. The summed E-state index contributed by atoms with van der Waals surface area (Å²) in [6, 6.07) is 10.8. The number of rotatable bonds is 8. The van der Waals surface area contributed by atoms with Crippen molar-refractivity contribution in [3.05, 3.63) is 67.6 Å². The minimum Gasteiger partial charge on any atom is -0.497 e. The van der Waals surface area contributed by atoms with Gasteiger partial charge in [0.25, 0.3) is 5.91 Å². The Bertz CT molecular complexity index is 1790. The van der Waals surface area contributed by atoms with E-state index in [1.165, 1.54) is 18.7 Å². The topological polar surface area (TPSA) is 155 Å². The van der Waals surface area contributed by atoms with Crippen LogP contribution in [0.25, 0.3) is 0 Å². The van der Waals surface area contributed by atoms with Gasteiger partial charge < -0.3 is 24.9 Å². The van der Waals surface area contributed by atoms with Crippen LogP contribution in [0.15, 0.2) is 52.3 Å². The van der Waals surface area contributed by atoms with Crippen LogP contribution >= 0.6 is 34.7 Å².